The largest absolute Gasteiger partial charge is 0.353 e. The standard InChI is InChI=1S/C18H25N5O2/c1-21(2)15-7-9-22(12-15)13-17(24)19-8-10-23-18(25)16-6-4-3-5-14(16)11-20-23/h3-6,11,15H,7-10,12-13H2,1-2H3,(H,19,24). The number of nitrogens with one attached hydrogen (secondary N) is 1. The molecule has 0 radical (unpaired) electrons. The first-order valence-electron chi connectivity index (χ1n) is 8.65. The molecule has 1 unspecified atom stereocenters. The summed E-state index contributed by atoms with van der Waals surface area (Å²) in [6, 6.07) is 7.91. The molecule has 7 nitrogen and oxygen atoms in total. The summed E-state index contributed by atoms with van der Waals surface area (Å²) in [5.41, 5.74) is -0.124. The lowest BCUT2D eigenvalue weighted by Crippen LogP contribution is -2.39. The lowest BCUT2D eigenvalue weighted by Gasteiger charge is -2.20. The van der Waals surface area contributed by atoms with Crippen LogP contribution in [0.5, 0.6) is 0 Å². The summed E-state index contributed by atoms with van der Waals surface area (Å²) in [6.07, 6.45) is 2.78. The average molecular weight is 343 g/mol. The average Bonchev–Trinajstić information content (AvgIpc) is 3.06. The number of hydrogen-bond donors (Lipinski definition) is 1. The Morgan fingerprint density at radius 1 is 1.36 bits per heavy atom. The molecule has 0 spiro atoms. The molecule has 1 saturated heterocycles. The molecule has 25 heavy (non-hydrogen) atoms. The van der Waals surface area contributed by atoms with Crippen molar-refractivity contribution in [2.75, 3.05) is 40.3 Å². The van der Waals surface area contributed by atoms with Gasteiger partial charge in [0.1, 0.15) is 0 Å². The SMILES string of the molecule is CN(C)C1CCN(CC(=O)NCCn2ncc3ccccc3c2=O)C1. The van der Waals surface area contributed by atoms with Gasteiger partial charge >= 0.3 is 0 Å². The minimum Gasteiger partial charge on any atom is -0.353 e. The number of carbonyl (C=O) groups excluding carboxylic acids is 1. The number of likely N-dealkylation sites (tertiary alicyclic amines) is 1. The molecule has 2 aromatic rings. The molecule has 1 aromatic carbocycles. The van der Waals surface area contributed by atoms with Gasteiger partial charge in [-0.1, -0.05) is 18.2 Å². The third kappa shape index (κ3) is 4.24. The fourth-order valence-corrected chi connectivity index (χ4v) is 3.22. The van der Waals surface area contributed by atoms with Crippen molar-refractivity contribution in [3.8, 4) is 0 Å². The maximum Gasteiger partial charge on any atom is 0.274 e. The van der Waals surface area contributed by atoms with Crippen LogP contribution in [0.15, 0.2) is 35.3 Å². The molecule has 1 atom stereocenters. The number of hydrogen-bond acceptors (Lipinski definition) is 5. The zero-order valence-corrected chi connectivity index (χ0v) is 14.8. The van der Waals surface area contributed by atoms with E-state index in [9.17, 15) is 9.59 Å². The minimum absolute atomic E-state index is 0.00626. The number of rotatable bonds is 6. The molecule has 134 valence electrons. The smallest absolute Gasteiger partial charge is 0.274 e. The van der Waals surface area contributed by atoms with E-state index in [0.717, 1.165) is 24.9 Å². The quantitative estimate of drug-likeness (QED) is 0.808. The van der Waals surface area contributed by atoms with Gasteiger partial charge in [-0.3, -0.25) is 14.5 Å². The summed E-state index contributed by atoms with van der Waals surface area (Å²) in [4.78, 5) is 28.8. The molecule has 1 amide bonds. The van der Waals surface area contributed by atoms with E-state index in [1.807, 2.05) is 18.2 Å². The molecule has 1 aliphatic rings. The molecule has 2 heterocycles. The Kier molecular flexibility index (Phi) is 5.45. The maximum atomic E-state index is 12.4. The number of fused-ring (bicyclic) bond motifs is 1. The Bertz CT molecular complexity index is 801. The van der Waals surface area contributed by atoms with Crippen molar-refractivity contribution in [3.63, 3.8) is 0 Å². The first-order valence-corrected chi connectivity index (χ1v) is 8.65. The van der Waals surface area contributed by atoms with Crippen molar-refractivity contribution in [1.29, 1.82) is 0 Å². The zero-order valence-electron chi connectivity index (χ0n) is 14.8. The predicted molar refractivity (Wildman–Crippen MR) is 97.5 cm³/mol. The number of benzene rings is 1. The summed E-state index contributed by atoms with van der Waals surface area (Å²) >= 11 is 0. The van der Waals surface area contributed by atoms with E-state index in [4.69, 9.17) is 0 Å². The minimum atomic E-state index is -0.124. The Morgan fingerprint density at radius 2 is 2.16 bits per heavy atom. The lowest BCUT2D eigenvalue weighted by atomic mass is 10.2. The molecule has 0 aliphatic carbocycles. The second-order valence-electron chi connectivity index (χ2n) is 6.75. The number of likely N-dealkylation sites (N-methyl/N-ethyl adjacent to an activating group) is 1. The molecular formula is C18H25N5O2. The van der Waals surface area contributed by atoms with Crippen molar-refractivity contribution < 1.29 is 4.79 Å². The molecule has 0 saturated carbocycles. The second-order valence-corrected chi connectivity index (χ2v) is 6.75. The lowest BCUT2D eigenvalue weighted by molar-refractivity contribution is -0.122. The van der Waals surface area contributed by atoms with E-state index in [1.54, 1.807) is 12.3 Å². The molecule has 1 N–H and O–H groups in total. The number of nitrogens with zero attached hydrogens (tertiary/aromatic N) is 4. The second kappa shape index (κ2) is 7.76. The van der Waals surface area contributed by atoms with Gasteiger partial charge in [0.2, 0.25) is 5.91 Å². The Balaban J connectivity index is 1.49. The van der Waals surface area contributed by atoms with Crippen LogP contribution >= 0.6 is 0 Å². The van der Waals surface area contributed by atoms with Gasteiger partial charge in [0.05, 0.1) is 24.7 Å². The summed E-state index contributed by atoms with van der Waals surface area (Å²) in [5, 5.41) is 8.54. The Morgan fingerprint density at radius 3 is 2.92 bits per heavy atom. The van der Waals surface area contributed by atoms with Gasteiger partial charge < -0.3 is 10.2 Å². The third-order valence-electron chi connectivity index (χ3n) is 4.75. The molecule has 1 aromatic heterocycles. The highest BCUT2D eigenvalue weighted by Crippen LogP contribution is 2.12. The first kappa shape index (κ1) is 17.6. The topological polar surface area (TPSA) is 70.5 Å². The van der Waals surface area contributed by atoms with Crippen LogP contribution in [-0.2, 0) is 11.3 Å². The van der Waals surface area contributed by atoms with Crippen LogP contribution in [0.3, 0.4) is 0 Å². The predicted octanol–water partition coefficient (Wildman–Crippen LogP) is 0.149. The highest BCUT2D eigenvalue weighted by Gasteiger charge is 2.25. The normalized spacial score (nSPS) is 18.1. The van der Waals surface area contributed by atoms with Gasteiger partial charge in [-0.15, -0.1) is 0 Å². The van der Waals surface area contributed by atoms with Crippen LogP contribution in [0.4, 0.5) is 0 Å². The summed E-state index contributed by atoms with van der Waals surface area (Å²) in [6.45, 7) is 3.04. The summed E-state index contributed by atoms with van der Waals surface area (Å²) in [7, 11) is 4.14. The third-order valence-corrected chi connectivity index (χ3v) is 4.75. The Hall–Kier alpha value is -2.25. The molecule has 0 bridgehead atoms. The van der Waals surface area contributed by atoms with Gasteiger partial charge in [-0.2, -0.15) is 5.10 Å². The van der Waals surface area contributed by atoms with Crippen molar-refractivity contribution in [2.24, 2.45) is 0 Å². The van der Waals surface area contributed by atoms with E-state index in [1.165, 1.54) is 4.68 Å². The highest BCUT2D eigenvalue weighted by atomic mass is 16.2. The molecular weight excluding hydrogens is 318 g/mol. The number of amides is 1. The van der Waals surface area contributed by atoms with Crippen LogP contribution in [0, 0.1) is 0 Å². The van der Waals surface area contributed by atoms with E-state index < -0.39 is 0 Å². The van der Waals surface area contributed by atoms with E-state index in [2.05, 4.69) is 34.3 Å². The molecule has 3 rings (SSSR count). The van der Waals surface area contributed by atoms with Crippen LogP contribution in [0.25, 0.3) is 10.8 Å². The molecule has 7 heteroatoms. The maximum absolute atomic E-state index is 12.4. The zero-order chi connectivity index (χ0) is 17.8. The van der Waals surface area contributed by atoms with Crippen molar-refractivity contribution >= 4 is 16.7 Å². The van der Waals surface area contributed by atoms with Gasteiger partial charge in [0.15, 0.2) is 0 Å². The van der Waals surface area contributed by atoms with E-state index in [-0.39, 0.29) is 11.5 Å². The van der Waals surface area contributed by atoms with Crippen molar-refractivity contribution in [1.82, 2.24) is 24.9 Å². The van der Waals surface area contributed by atoms with Gasteiger partial charge in [0, 0.05) is 31.1 Å². The van der Waals surface area contributed by atoms with Crippen molar-refractivity contribution in [2.45, 2.75) is 19.0 Å². The van der Waals surface area contributed by atoms with Gasteiger partial charge in [0.25, 0.3) is 5.56 Å². The summed E-state index contributed by atoms with van der Waals surface area (Å²) < 4.78 is 1.40. The van der Waals surface area contributed by atoms with Crippen LogP contribution in [0.1, 0.15) is 6.42 Å². The fourth-order valence-electron chi connectivity index (χ4n) is 3.22. The fraction of sp³-hybridized carbons (Fsp3) is 0.500. The van der Waals surface area contributed by atoms with Gasteiger partial charge in [-0.05, 0) is 26.6 Å². The monoisotopic (exact) mass is 343 g/mol. The van der Waals surface area contributed by atoms with Crippen LogP contribution < -0.4 is 10.9 Å². The highest BCUT2D eigenvalue weighted by molar-refractivity contribution is 5.80. The molecule has 1 fully saturated rings. The number of aromatic nitrogens is 2. The van der Waals surface area contributed by atoms with E-state index in [0.29, 0.717) is 31.1 Å². The van der Waals surface area contributed by atoms with E-state index >= 15 is 0 Å². The first-order chi connectivity index (χ1) is 12.0. The van der Waals surface area contributed by atoms with Crippen LogP contribution in [0.2, 0.25) is 0 Å². The number of carbonyl (C=O) groups is 1. The van der Waals surface area contributed by atoms with Gasteiger partial charge in [-0.25, -0.2) is 4.68 Å². The van der Waals surface area contributed by atoms with Crippen molar-refractivity contribution in [3.05, 3.63) is 40.8 Å². The Labute approximate surface area is 147 Å². The van der Waals surface area contributed by atoms with Crippen LogP contribution in [-0.4, -0.2) is 71.8 Å². The molecule has 1 aliphatic heterocycles. The summed E-state index contributed by atoms with van der Waals surface area (Å²) in [5.74, 6) is -0.00626.